The number of likely N-dealkylation sites (tertiary alicyclic amines) is 1. The molecule has 0 bridgehead atoms. The normalized spacial score (nSPS) is 24.6. The molecular formula is C25H38N4O2S. The van der Waals surface area contributed by atoms with Crippen LogP contribution in [0.4, 0.5) is 5.13 Å². The molecule has 0 radical (unpaired) electrons. The first-order valence-electron chi connectivity index (χ1n) is 12.4. The number of aromatic nitrogens is 1. The fourth-order valence-corrected chi connectivity index (χ4v) is 6.21. The van der Waals surface area contributed by atoms with E-state index in [4.69, 9.17) is 9.72 Å². The SMILES string of the molecule is CCOc1ccc2nc(N3CCC[C@H](C(=O)NCCCN4[C@H](C)CCC[C@@H]4C)C3)sc2c1. The third kappa shape index (κ3) is 5.54. The first-order valence-corrected chi connectivity index (χ1v) is 13.2. The highest BCUT2D eigenvalue weighted by molar-refractivity contribution is 7.22. The van der Waals surface area contributed by atoms with Gasteiger partial charge >= 0.3 is 0 Å². The van der Waals surface area contributed by atoms with E-state index in [2.05, 4.69) is 35.0 Å². The molecule has 0 spiro atoms. The van der Waals surface area contributed by atoms with E-state index < -0.39 is 0 Å². The fourth-order valence-electron chi connectivity index (χ4n) is 5.18. The lowest BCUT2D eigenvalue weighted by molar-refractivity contribution is -0.125. The van der Waals surface area contributed by atoms with Crippen LogP contribution in [0.2, 0.25) is 0 Å². The van der Waals surface area contributed by atoms with Gasteiger partial charge in [-0.15, -0.1) is 0 Å². The van der Waals surface area contributed by atoms with Crippen molar-refractivity contribution in [3.8, 4) is 5.75 Å². The summed E-state index contributed by atoms with van der Waals surface area (Å²) in [5.41, 5.74) is 1.00. The summed E-state index contributed by atoms with van der Waals surface area (Å²) >= 11 is 1.69. The molecule has 1 aromatic carbocycles. The molecule has 2 fully saturated rings. The molecule has 2 saturated heterocycles. The lowest BCUT2D eigenvalue weighted by Gasteiger charge is -2.39. The van der Waals surface area contributed by atoms with Crippen LogP contribution >= 0.6 is 11.3 Å². The second-order valence-corrected chi connectivity index (χ2v) is 10.4. The number of nitrogens with one attached hydrogen (secondary N) is 1. The molecule has 6 nitrogen and oxygen atoms in total. The van der Waals surface area contributed by atoms with Crippen LogP contribution in [-0.2, 0) is 4.79 Å². The number of thiazole rings is 1. The van der Waals surface area contributed by atoms with E-state index in [1.807, 2.05) is 19.1 Å². The van der Waals surface area contributed by atoms with Crippen molar-refractivity contribution in [1.82, 2.24) is 15.2 Å². The lowest BCUT2D eigenvalue weighted by atomic mass is 9.97. The monoisotopic (exact) mass is 458 g/mol. The molecule has 2 aliphatic rings. The molecule has 1 N–H and O–H groups in total. The number of anilines is 1. The molecule has 0 aliphatic carbocycles. The number of benzene rings is 1. The minimum absolute atomic E-state index is 0.0441. The van der Waals surface area contributed by atoms with Gasteiger partial charge in [0.05, 0.1) is 22.7 Å². The summed E-state index contributed by atoms with van der Waals surface area (Å²) in [4.78, 5) is 22.6. The van der Waals surface area contributed by atoms with Gasteiger partial charge < -0.3 is 15.0 Å². The van der Waals surface area contributed by atoms with Gasteiger partial charge in [0, 0.05) is 38.3 Å². The predicted molar refractivity (Wildman–Crippen MR) is 133 cm³/mol. The minimum atomic E-state index is 0.0441. The summed E-state index contributed by atoms with van der Waals surface area (Å²) in [6.07, 6.45) is 6.95. The van der Waals surface area contributed by atoms with Crippen molar-refractivity contribution in [2.75, 3.05) is 37.7 Å². The van der Waals surface area contributed by atoms with E-state index in [1.165, 1.54) is 19.3 Å². The zero-order valence-corrected chi connectivity index (χ0v) is 20.6. The van der Waals surface area contributed by atoms with Gasteiger partial charge in [-0.1, -0.05) is 17.8 Å². The standard InChI is InChI=1S/C25H38N4O2S/c1-4-31-21-11-12-22-23(16-21)32-25(27-22)28-14-6-10-20(17-28)24(30)26-13-7-15-29-18(2)8-5-9-19(29)3/h11-12,16,18-20H,4-10,13-15,17H2,1-3H3,(H,26,30)/t18-,19+,20-/m0/s1. The number of hydrogen-bond acceptors (Lipinski definition) is 6. The second kappa shape index (κ2) is 10.8. The van der Waals surface area contributed by atoms with Crippen molar-refractivity contribution >= 4 is 32.6 Å². The Morgan fingerprint density at radius 1 is 1.22 bits per heavy atom. The molecule has 32 heavy (non-hydrogen) atoms. The van der Waals surface area contributed by atoms with Gasteiger partial charge in [-0.3, -0.25) is 9.69 Å². The summed E-state index contributed by atoms with van der Waals surface area (Å²) in [7, 11) is 0. The quantitative estimate of drug-likeness (QED) is 0.582. The Balaban J connectivity index is 1.28. The van der Waals surface area contributed by atoms with Gasteiger partial charge in [-0.2, -0.15) is 0 Å². The van der Waals surface area contributed by atoms with Gasteiger partial charge in [0.2, 0.25) is 5.91 Å². The van der Waals surface area contributed by atoms with Crippen LogP contribution in [0.25, 0.3) is 10.2 Å². The van der Waals surface area contributed by atoms with E-state index in [9.17, 15) is 4.79 Å². The first-order chi connectivity index (χ1) is 15.5. The van der Waals surface area contributed by atoms with E-state index in [1.54, 1.807) is 11.3 Å². The van der Waals surface area contributed by atoms with Crippen molar-refractivity contribution in [3.05, 3.63) is 18.2 Å². The first kappa shape index (κ1) is 23.3. The van der Waals surface area contributed by atoms with E-state index in [0.29, 0.717) is 18.7 Å². The highest BCUT2D eigenvalue weighted by Crippen LogP contribution is 2.33. The maximum Gasteiger partial charge on any atom is 0.224 e. The number of fused-ring (bicyclic) bond motifs is 1. The zero-order chi connectivity index (χ0) is 22.5. The number of carbonyl (C=O) groups is 1. The summed E-state index contributed by atoms with van der Waals surface area (Å²) in [6.45, 7) is 10.9. The summed E-state index contributed by atoms with van der Waals surface area (Å²) in [5, 5.41) is 4.23. The summed E-state index contributed by atoms with van der Waals surface area (Å²) < 4.78 is 6.76. The molecule has 176 valence electrons. The Morgan fingerprint density at radius 2 is 2.03 bits per heavy atom. The Kier molecular flexibility index (Phi) is 7.89. The van der Waals surface area contributed by atoms with Crippen molar-refractivity contribution in [1.29, 1.82) is 0 Å². The fraction of sp³-hybridized carbons (Fsp3) is 0.680. The average Bonchev–Trinajstić information content (AvgIpc) is 3.22. The topological polar surface area (TPSA) is 57.7 Å². The summed E-state index contributed by atoms with van der Waals surface area (Å²) in [6, 6.07) is 7.41. The van der Waals surface area contributed by atoms with Crippen molar-refractivity contribution < 1.29 is 9.53 Å². The molecule has 0 unspecified atom stereocenters. The van der Waals surface area contributed by atoms with E-state index in [-0.39, 0.29) is 11.8 Å². The number of rotatable bonds is 8. The highest BCUT2D eigenvalue weighted by atomic mass is 32.1. The predicted octanol–water partition coefficient (Wildman–Crippen LogP) is 4.68. The largest absolute Gasteiger partial charge is 0.494 e. The molecule has 3 heterocycles. The summed E-state index contributed by atoms with van der Waals surface area (Å²) in [5.74, 6) is 1.14. The number of hydrogen-bond donors (Lipinski definition) is 1. The van der Waals surface area contributed by atoms with Crippen LogP contribution in [-0.4, -0.2) is 60.7 Å². The molecule has 7 heteroatoms. The van der Waals surface area contributed by atoms with Gasteiger partial charge in [0.1, 0.15) is 5.75 Å². The van der Waals surface area contributed by atoms with Gasteiger partial charge in [-0.05, 0) is 71.1 Å². The van der Waals surface area contributed by atoms with Gasteiger partial charge in [0.15, 0.2) is 5.13 Å². The van der Waals surface area contributed by atoms with E-state index >= 15 is 0 Å². The van der Waals surface area contributed by atoms with Crippen LogP contribution in [0.3, 0.4) is 0 Å². The molecule has 2 aromatic rings. The van der Waals surface area contributed by atoms with Gasteiger partial charge in [0.25, 0.3) is 0 Å². The second-order valence-electron chi connectivity index (χ2n) is 9.36. The van der Waals surface area contributed by atoms with Crippen molar-refractivity contribution in [2.45, 2.75) is 71.4 Å². The van der Waals surface area contributed by atoms with Crippen molar-refractivity contribution in [2.24, 2.45) is 5.92 Å². The van der Waals surface area contributed by atoms with Crippen LogP contribution in [0.5, 0.6) is 5.75 Å². The highest BCUT2D eigenvalue weighted by Gasteiger charge is 2.28. The average molecular weight is 459 g/mol. The molecule has 2 aliphatic heterocycles. The van der Waals surface area contributed by atoms with Crippen LogP contribution in [0.15, 0.2) is 18.2 Å². The minimum Gasteiger partial charge on any atom is -0.494 e. The Hall–Kier alpha value is -1.86. The number of nitrogens with zero attached hydrogens (tertiary/aromatic N) is 3. The Labute approximate surface area is 196 Å². The Bertz CT molecular complexity index is 891. The third-order valence-electron chi connectivity index (χ3n) is 6.99. The molecule has 4 rings (SSSR count). The van der Waals surface area contributed by atoms with Crippen LogP contribution < -0.4 is 15.0 Å². The molecule has 1 amide bonds. The maximum atomic E-state index is 12.9. The Morgan fingerprint density at radius 3 is 2.81 bits per heavy atom. The lowest BCUT2D eigenvalue weighted by Crippen LogP contribution is -2.46. The zero-order valence-electron chi connectivity index (χ0n) is 19.8. The van der Waals surface area contributed by atoms with Crippen LogP contribution in [0.1, 0.15) is 59.3 Å². The molecule has 3 atom stereocenters. The maximum absolute atomic E-state index is 12.9. The number of piperidine rings is 2. The number of carbonyl (C=O) groups excluding carboxylic acids is 1. The molecule has 1 aromatic heterocycles. The third-order valence-corrected chi connectivity index (χ3v) is 8.07. The van der Waals surface area contributed by atoms with Crippen LogP contribution in [0, 0.1) is 5.92 Å². The molecular weight excluding hydrogens is 420 g/mol. The van der Waals surface area contributed by atoms with Crippen molar-refractivity contribution in [3.63, 3.8) is 0 Å². The van der Waals surface area contributed by atoms with Gasteiger partial charge in [-0.25, -0.2) is 4.98 Å². The number of ether oxygens (including phenoxy) is 1. The molecule has 0 saturated carbocycles. The smallest absolute Gasteiger partial charge is 0.224 e. The van der Waals surface area contributed by atoms with E-state index in [0.717, 1.165) is 66.5 Å². The number of amides is 1.